The Morgan fingerprint density at radius 1 is 1.56 bits per heavy atom. The lowest BCUT2D eigenvalue weighted by atomic mass is 10.3. The van der Waals surface area contributed by atoms with Crippen molar-refractivity contribution in [3.05, 3.63) is 39.2 Å². The Morgan fingerprint density at radius 2 is 2.33 bits per heavy atom. The quantitative estimate of drug-likeness (QED) is 0.638. The van der Waals surface area contributed by atoms with Crippen LogP contribution in [-0.2, 0) is 4.79 Å². The van der Waals surface area contributed by atoms with Gasteiger partial charge in [-0.15, -0.1) is 0 Å². The lowest BCUT2D eigenvalue weighted by Gasteiger charge is -2.09. The number of thioether (sulfide) groups is 1. The summed E-state index contributed by atoms with van der Waals surface area (Å²) in [5.41, 5.74) is 0.936. The first-order valence-corrected chi connectivity index (χ1v) is 7.35. The minimum atomic E-state index is -0.861. The zero-order chi connectivity index (χ0) is 13.1. The molecule has 7 heteroatoms. The Kier molecular flexibility index (Phi) is 4.52. The van der Waals surface area contributed by atoms with Gasteiger partial charge in [0.05, 0.1) is 11.4 Å². The van der Waals surface area contributed by atoms with Gasteiger partial charge in [0.15, 0.2) is 5.16 Å². The van der Waals surface area contributed by atoms with Crippen molar-refractivity contribution < 1.29 is 9.90 Å². The van der Waals surface area contributed by atoms with Gasteiger partial charge in [-0.2, -0.15) is 0 Å². The summed E-state index contributed by atoms with van der Waals surface area (Å²) in [6.07, 6.45) is 3.45. The number of hydrogen-bond donors (Lipinski definition) is 1. The predicted octanol–water partition coefficient (Wildman–Crippen LogP) is 3.31. The molecule has 0 saturated carbocycles. The summed E-state index contributed by atoms with van der Waals surface area (Å²) in [6.45, 7) is 0. The van der Waals surface area contributed by atoms with E-state index < -0.39 is 5.97 Å². The normalized spacial score (nSPS) is 10.6. The van der Waals surface area contributed by atoms with Crippen LogP contribution in [-0.4, -0.2) is 26.4 Å². The highest BCUT2D eigenvalue weighted by Gasteiger charge is 2.10. The summed E-state index contributed by atoms with van der Waals surface area (Å²) in [4.78, 5) is 14.7. The van der Waals surface area contributed by atoms with Crippen LogP contribution < -0.4 is 0 Å². The van der Waals surface area contributed by atoms with Crippen LogP contribution in [0.1, 0.15) is 0 Å². The molecule has 0 bridgehead atoms. The molecule has 0 aliphatic carbocycles. The highest BCUT2D eigenvalue weighted by atomic mass is 127. The molecule has 1 aromatic carbocycles. The Bertz CT molecular complexity index is 588. The van der Waals surface area contributed by atoms with Crippen LogP contribution >= 0.6 is 46.0 Å². The van der Waals surface area contributed by atoms with Crippen molar-refractivity contribution in [3.63, 3.8) is 0 Å². The van der Waals surface area contributed by atoms with E-state index in [1.165, 1.54) is 11.8 Å². The van der Waals surface area contributed by atoms with Crippen LogP contribution in [0, 0.1) is 3.57 Å². The van der Waals surface area contributed by atoms with E-state index in [-0.39, 0.29) is 5.75 Å². The van der Waals surface area contributed by atoms with E-state index in [1.807, 2.05) is 16.7 Å². The minimum Gasteiger partial charge on any atom is -0.481 e. The zero-order valence-corrected chi connectivity index (χ0v) is 12.7. The van der Waals surface area contributed by atoms with Crippen LogP contribution in [0.2, 0.25) is 5.02 Å². The van der Waals surface area contributed by atoms with E-state index in [1.54, 1.807) is 18.5 Å². The lowest BCUT2D eigenvalue weighted by Crippen LogP contribution is -2.02. The van der Waals surface area contributed by atoms with Crippen molar-refractivity contribution in [1.29, 1.82) is 0 Å². The molecule has 0 spiro atoms. The number of rotatable bonds is 4. The molecule has 0 unspecified atom stereocenters. The third-order valence-corrected chi connectivity index (χ3v) is 4.15. The summed E-state index contributed by atoms with van der Waals surface area (Å²) in [7, 11) is 0. The Labute approximate surface area is 127 Å². The van der Waals surface area contributed by atoms with Gasteiger partial charge >= 0.3 is 5.97 Å². The summed E-state index contributed by atoms with van der Waals surface area (Å²) in [6, 6.07) is 5.53. The number of imidazole rings is 1. The predicted molar refractivity (Wildman–Crippen MR) is 79.7 cm³/mol. The Hall–Kier alpha value is -0.730. The van der Waals surface area contributed by atoms with Crippen LogP contribution in [0.5, 0.6) is 0 Å². The molecule has 2 rings (SSSR count). The Balaban J connectivity index is 2.33. The van der Waals surface area contributed by atoms with E-state index in [0.29, 0.717) is 10.2 Å². The maximum Gasteiger partial charge on any atom is 0.313 e. The first kappa shape index (κ1) is 13.7. The summed E-state index contributed by atoms with van der Waals surface area (Å²) >= 11 is 9.28. The number of nitrogens with zero attached hydrogens (tertiary/aromatic N) is 2. The van der Waals surface area contributed by atoms with Gasteiger partial charge in [-0.3, -0.25) is 9.36 Å². The first-order valence-electron chi connectivity index (χ1n) is 4.91. The molecule has 0 aliphatic heterocycles. The van der Waals surface area contributed by atoms with Crippen molar-refractivity contribution >= 4 is 51.9 Å². The average Bonchev–Trinajstić information content (AvgIpc) is 2.74. The van der Waals surface area contributed by atoms with Gasteiger partial charge in [0.25, 0.3) is 0 Å². The summed E-state index contributed by atoms with van der Waals surface area (Å²) in [5.74, 6) is -0.874. The fourth-order valence-corrected chi connectivity index (χ4v) is 3.20. The first-order chi connectivity index (χ1) is 8.58. The largest absolute Gasteiger partial charge is 0.481 e. The maximum atomic E-state index is 10.6. The second-order valence-electron chi connectivity index (χ2n) is 3.36. The monoisotopic (exact) mass is 394 g/mol. The van der Waals surface area contributed by atoms with Gasteiger partial charge in [0.2, 0.25) is 0 Å². The second kappa shape index (κ2) is 5.94. The van der Waals surface area contributed by atoms with Crippen LogP contribution in [0.25, 0.3) is 5.69 Å². The fourth-order valence-electron chi connectivity index (χ4n) is 1.38. The van der Waals surface area contributed by atoms with Crippen LogP contribution in [0.4, 0.5) is 0 Å². The Morgan fingerprint density at radius 3 is 3.00 bits per heavy atom. The fraction of sp³-hybridized carbons (Fsp3) is 0.0909. The number of aromatic nitrogens is 2. The molecule has 0 radical (unpaired) electrons. The highest BCUT2D eigenvalue weighted by Crippen LogP contribution is 2.25. The summed E-state index contributed by atoms with van der Waals surface area (Å²) in [5, 5.41) is 10.0. The molecule has 1 aromatic heterocycles. The van der Waals surface area contributed by atoms with E-state index in [2.05, 4.69) is 27.6 Å². The van der Waals surface area contributed by atoms with Gasteiger partial charge in [-0.1, -0.05) is 23.4 Å². The standard InChI is InChI=1S/C11H8ClIN2O2S/c12-7-1-2-9(8(13)5-7)15-4-3-14-11(15)18-6-10(16)17/h1-5H,6H2,(H,16,17). The number of benzene rings is 1. The number of carboxylic acids is 1. The minimum absolute atomic E-state index is 0.0127. The topological polar surface area (TPSA) is 55.1 Å². The van der Waals surface area contributed by atoms with E-state index in [9.17, 15) is 4.79 Å². The zero-order valence-electron chi connectivity index (χ0n) is 9.01. The molecular weight excluding hydrogens is 387 g/mol. The van der Waals surface area contributed by atoms with Gasteiger partial charge in [-0.05, 0) is 40.8 Å². The highest BCUT2D eigenvalue weighted by molar-refractivity contribution is 14.1. The molecular formula is C11H8ClIN2O2S. The molecule has 1 heterocycles. The number of hydrogen-bond acceptors (Lipinski definition) is 3. The molecule has 0 fully saturated rings. The van der Waals surface area contributed by atoms with Crippen molar-refractivity contribution in [2.24, 2.45) is 0 Å². The SMILES string of the molecule is O=C(O)CSc1nccn1-c1ccc(Cl)cc1I. The number of carbonyl (C=O) groups is 1. The van der Waals surface area contributed by atoms with Gasteiger partial charge < -0.3 is 5.11 Å². The van der Waals surface area contributed by atoms with Crippen molar-refractivity contribution in [1.82, 2.24) is 9.55 Å². The summed E-state index contributed by atoms with van der Waals surface area (Å²) < 4.78 is 2.83. The third kappa shape index (κ3) is 3.18. The molecule has 2 aromatic rings. The van der Waals surface area contributed by atoms with Gasteiger partial charge in [0, 0.05) is 21.0 Å². The molecule has 0 atom stereocenters. The lowest BCUT2D eigenvalue weighted by molar-refractivity contribution is -0.133. The molecule has 18 heavy (non-hydrogen) atoms. The molecule has 4 nitrogen and oxygen atoms in total. The molecule has 0 aliphatic rings. The van der Waals surface area contributed by atoms with Crippen molar-refractivity contribution in [3.8, 4) is 5.69 Å². The number of aliphatic carboxylic acids is 1. The van der Waals surface area contributed by atoms with E-state index >= 15 is 0 Å². The average molecular weight is 395 g/mol. The molecule has 1 N–H and O–H groups in total. The smallest absolute Gasteiger partial charge is 0.313 e. The van der Waals surface area contributed by atoms with Gasteiger partial charge in [-0.25, -0.2) is 4.98 Å². The number of carboxylic acid groups (broad SMARTS) is 1. The number of halogens is 2. The van der Waals surface area contributed by atoms with E-state index in [0.717, 1.165) is 9.26 Å². The third-order valence-electron chi connectivity index (χ3n) is 2.10. The molecule has 0 saturated heterocycles. The maximum absolute atomic E-state index is 10.6. The van der Waals surface area contributed by atoms with Crippen molar-refractivity contribution in [2.45, 2.75) is 5.16 Å². The van der Waals surface area contributed by atoms with Gasteiger partial charge in [0.1, 0.15) is 0 Å². The second-order valence-corrected chi connectivity index (χ2v) is 5.90. The van der Waals surface area contributed by atoms with Crippen molar-refractivity contribution in [2.75, 3.05) is 5.75 Å². The molecule has 0 amide bonds. The van der Waals surface area contributed by atoms with Crippen LogP contribution in [0.15, 0.2) is 35.7 Å². The molecule has 94 valence electrons. The van der Waals surface area contributed by atoms with Crippen LogP contribution in [0.3, 0.4) is 0 Å². The van der Waals surface area contributed by atoms with E-state index in [4.69, 9.17) is 16.7 Å².